The maximum absolute atomic E-state index is 13.9. The van der Waals surface area contributed by atoms with E-state index in [1.165, 1.54) is 6.07 Å². The second-order valence-corrected chi connectivity index (χ2v) is 7.60. The van der Waals surface area contributed by atoms with Crippen molar-refractivity contribution in [3.63, 3.8) is 0 Å². The predicted molar refractivity (Wildman–Crippen MR) is 93.9 cm³/mol. The molecule has 2 unspecified atom stereocenters. The molecular weight excluding hydrogens is 347 g/mol. The topological polar surface area (TPSA) is 100.0 Å². The Morgan fingerprint density at radius 1 is 1.36 bits per heavy atom. The molecule has 132 valence electrons. The molecular formula is C16H17FN4O3S. The van der Waals surface area contributed by atoms with Gasteiger partial charge < -0.3 is 0 Å². The second-order valence-electron chi connectivity index (χ2n) is 5.76. The minimum absolute atomic E-state index is 0.0112. The van der Waals surface area contributed by atoms with Crippen molar-refractivity contribution in [1.82, 2.24) is 5.43 Å². The molecule has 3 rings (SSSR count). The molecule has 0 aliphatic carbocycles. The number of Topliss-reactive ketones (excluding diaryl/α,β-unsaturated/α-hetero) is 1. The maximum Gasteiger partial charge on any atom is 0.232 e. The summed E-state index contributed by atoms with van der Waals surface area (Å²) in [6.45, 7) is 1.72. The quantitative estimate of drug-likeness (QED) is 0.751. The van der Waals surface area contributed by atoms with Crippen molar-refractivity contribution in [2.24, 2.45) is 16.0 Å². The van der Waals surface area contributed by atoms with Crippen molar-refractivity contribution in [2.45, 2.75) is 19.5 Å². The molecule has 0 bridgehead atoms. The standard InChI is InChI=1S/C16H17FN4O3S/c1-2-6-25(23,24)21-12-8-10(7-11(17)9-12)15(22)14-13-4-3-5-18-16(13)20-19-14/h3-5,7-9,13,16,20-21H,2,6H2,1H3. The lowest BCUT2D eigenvalue weighted by Crippen LogP contribution is -2.31. The first-order valence-corrected chi connectivity index (χ1v) is 9.43. The normalized spacial score (nSPS) is 21.4. The fourth-order valence-corrected chi connectivity index (χ4v) is 3.82. The number of carbonyl (C=O) groups excluding carboxylic acids is 1. The average molecular weight is 364 g/mol. The Kier molecular flexibility index (Phi) is 4.67. The van der Waals surface area contributed by atoms with Crippen LogP contribution in [0.25, 0.3) is 0 Å². The molecule has 0 saturated heterocycles. The molecule has 0 amide bonds. The molecule has 0 spiro atoms. The van der Waals surface area contributed by atoms with E-state index in [0.717, 1.165) is 12.1 Å². The number of halogens is 1. The number of rotatable bonds is 6. The lowest BCUT2D eigenvalue weighted by atomic mass is 9.93. The number of fused-ring (bicyclic) bond motifs is 1. The van der Waals surface area contributed by atoms with E-state index in [1.54, 1.807) is 25.3 Å². The molecule has 0 radical (unpaired) electrons. The highest BCUT2D eigenvalue weighted by Crippen LogP contribution is 2.23. The summed E-state index contributed by atoms with van der Waals surface area (Å²) in [5, 5.41) is 4.01. The third-order valence-corrected chi connectivity index (χ3v) is 5.26. The first-order chi connectivity index (χ1) is 11.9. The Labute approximate surface area is 144 Å². The van der Waals surface area contributed by atoms with Gasteiger partial charge in [-0.3, -0.25) is 19.9 Å². The number of nitrogens with zero attached hydrogens (tertiary/aromatic N) is 2. The number of allylic oxidation sites excluding steroid dienone is 1. The summed E-state index contributed by atoms with van der Waals surface area (Å²) in [7, 11) is -3.58. The van der Waals surface area contributed by atoms with E-state index in [0.29, 0.717) is 6.42 Å². The number of aliphatic imine (C=N–C) groups is 1. The fraction of sp³-hybridized carbons (Fsp3) is 0.312. The summed E-state index contributed by atoms with van der Waals surface area (Å²) in [5.74, 6) is -1.60. The Bertz CT molecular complexity index is 893. The minimum atomic E-state index is -3.58. The van der Waals surface area contributed by atoms with Crippen LogP contribution in [-0.2, 0) is 10.0 Å². The van der Waals surface area contributed by atoms with Crippen molar-refractivity contribution < 1.29 is 17.6 Å². The molecule has 0 aromatic heterocycles. The summed E-state index contributed by atoms with van der Waals surface area (Å²) in [4.78, 5) is 16.9. The number of hydrazone groups is 1. The number of hydrogen-bond donors (Lipinski definition) is 2. The van der Waals surface area contributed by atoms with Crippen molar-refractivity contribution in [2.75, 3.05) is 10.5 Å². The monoisotopic (exact) mass is 364 g/mol. The van der Waals surface area contributed by atoms with Crippen LogP contribution in [0.1, 0.15) is 23.7 Å². The molecule has 9 heteroatoms. The van der Waals surface area contributed by atoms with E-state index in [1.807, 2.05) is 0 Å². The largest absolute Gasteiger partial charge is 0.287 e. The summed E-state index contributed by atoms with van der Waals surface area (Å²) in [5.41, 5.74) is 3.01. The van der Waals surface area contributed by atoms with Crippen molar-refractivity contribution in [3.8, 4) is 0 Å². The summed E-state index contributed by atoms with van der Waals surface area (Å²) in [6, 6.07) is 3.40. The smallest absolute Gasteiger partial charge is 0.232 e. The van der Waals surface area contributed by atoms with Gasteiger partial charge in [0.15, 0.2) is 0 Å². The van der Waals surface area contributed by atoms with Gasteiger partial charge in [-0.2, -0.15) is 5.10 Å². The van der Waals surface area contributed by atoms with E-state index in [4.69, 9.17) is 0 Å². The zero-order valence-corrected chi connectivity index (χ0v) is 14.3. The third kappa shape index (κ3) is 3.76. The van der Waals surface area contributed by atoms with Crippen LogP contribution in [-0.4, -0.2) is 38.0 Å². The van der Waals surface area contributed by atoms with Crippen molar-refractivity contribution >= 4 is 33.4 Å². The fourth-order valence-electron chi connectivity index (χ4n) is 2.70. The van der Waals surface area contributed by atoms with Gasteiger partial charge in [0.2, 0.25) is 15.8 Å². The maximum atomic E-state index is 13.9. The lowest BCUT2D eigenvalue weighted by Gasteiger charge is -2.15. The highest BCUT2D eigenvalue weighted by molar-refractivity contribution is 7.92. The number of sulfonamides is 1. The SMILES string of the molecule is CCCS(=O)(=O)Nc1cc(F)cc(C(=O)C2=NNC3N=CC=CC23)c1. The van der Waals surface area contributed by atoms with E-state index in [2.05, 4.69) is 20.2 Å². The number of nitrogens with one attached hydrogen (secondary N) is 2. The zero-order valence-electron chi connectivity index (χ0n) is 13.4. The molecule has 2 atom stereocenters. The molecule has 0 saturated carbocycles. The third-order valence-electron chi connectivity index (χ3n) is 3.76. The summed E-state index contributed by atoms with van der Waals surface area (Å²) >= 11 is 0. The molecule has 2 N–H and O–H groups in total. The van der Waals surface area contributed by atoms with Gasteiger partial charge in [0.25, 0.3) is 0 Å². The predicted octanol–water partition coefficient (Wildman–Crippen LogP) is 1.70. The van der Waals surface area contributed by atoms with Gasteiger partial charge in [0.1, 0.15) is 17.7 Å². The van der Waals surface area contributed by atoms with E-state index in [-0.39, 0.29) is 34.8 Å². The second kappa shape index (κ2) is 6.75. The van der Waals surface area contributed by atoms with Gasteiger partial charge in [-0.15, -0.1) is 0 Å². The van der Waals surface area contributed by atoms with E-state index < -0.39 is 21.6 Å². The Balaban J connectivity index is 1.86. The number of ketones is 1. The lowest BCUT2D eigenvalue weighted by molar-refractivity contribution is 0.106. The number of carbonyl (C=O) groups is 1. The average Bonchev–Trinajstić information content (AvgIpc) is 2.97. The minimum Gasteiger partial charge on any atom is -0.287 e. The van der Waals surface area contributed by atoms with Crippen LogP contribution in [0.4, 0.5) is 10.1 Å². The van der Waals surface area contributed by atoms with Crippen LogP contribution < -0.4 is 10.1 Å². The van der Waals surface area contributed by atoms with Crippen LogP contribution in [0.15, 0.2) is 40.4 Å². The zero-order chi connectivity index (χ0) is 18.0. The molecule has 25 heavy (non-hydrogen) atoms. The molecule has 1 aromatic rings. The first-order valence-electron chi connectivity index (χ1n) is 7.78. The number of dihydropyridines is 1. The van der Waals surface area contributed by atoms with Crippen molar-refractivity contribution in [1.29, 1.82) is 0 Å². The number of hydrogen-bond acceptors (Lipinski definition) is 6. The highest BCUT2D eigenvalue weighted by atomic mass is 32.2. The molecule has 1 aromatic carbocycles. The highest BCUT2D eigenvalue weighted by Gasteiger charge is 2.35. The van der Waals surface area contributed by atoms with Gasteiger partial charge in [-0.25, -0.2) is 12.8 Å². The number of benzene rings is 1. The van der Waals surface area contributed by atoms with Gasteiger partial charge in [-0.05, 0) is 30.7 Å². The van der Waals surface area contributed by atoms with Crippen LogP contribution in [0.2, 0.25) is 0 Å². The Morgan fingerprint density at radius 2 is 2.16 bits per heavy atom. The summed E-state index contributed by atoms with van der Waals surface area (Å²) in [6.07, 6.45) is 5.19. The van der Waals surface area contributed by atoms with Gasteiger partial charge in [0, 0.05) is 11.8 Å². The van der Waals surface area contributed by atoms with Crippen LogP contribution >= 0.6 is 0 Å². The van der Waals surface area contributed by atoms with Crippen LogP contribution in [0.5, 0.6) is 0 Å². The molecule has 2 aliphatic heterocycles. The molecule has 7 nitrogen and oxygen atoms in total. The van der Waals surface area contributed by atoms with Gasteiger partial charge >= 0.3 is 0 Å². The Morgan fingerprint density at radius 3 is 2.92 bits per heavy atom. The van der Waals surface area contributed by atoms with E-state index >= 15 is 0 Å². The molecule has 0 fully saturated rings. The molecule has 2 aliphatic rings. The molecule has 2 heterocycles. The first kappa shape index (κ1) is 17.3. The number of anilines is 1. The summed E-state index contributed by atoms with van der Waals surface area (Å²) < 4.78 is 39.9. The van der Waals surface area contributed by atoms with Crippen LogP contribution in [0.3, 0.4) is 0 Å². The van der Waals surface area contributed by atoms with E-state index in [9.17, 15) is 17.6 Å². The van der Waals surface area contributed by atoms with Crippen LogP contribution in [0, 0.1) is 11.7 Å². The Hall–Kier alpha value is -2.55. The van der Waals surface area contributed by atoms with Gasteiger partial charge in [-0.1, -0.05) is 13.0 Å². The van der Waals surface area contributed by atoms with Crippen molar-refractivity contribution in [3.05, 3.63) is 41.7 Å². The van der Waals surface area contributed by atoms with Gasteiger partial charge in [0.05, 0.1) is 17.4 Å².